The highest BCUT2D eigenvalue weighted by molar-refractivity contribution is 5.78. The van der Waals surface area contributed by atoms with Crippen molar-refractivity contribution in [2.45, 2.75) is 26.3 Å². The Labute approximate surface area is 84.2 Å². The second-order valence-corrected chi connectivity index (χ2v) is 3.40. The molecule has 1 rings (SSSR count). The molecular weight excluding hydrogens is 178 g/mol. The number of furan rings is 1. The Morgan fingerprint density at radius 1 is 1.64 bits per heavy atom. The summed E-state index contributed by atoms with van der Waals surface area (Å²) in [7, 11) is 0. The van der Waals surface area contributed by atoms with Gasteiger partial charge in [0, 0.05) is 19.0 Å². The number of hydrogen-bond donors (Lipinski definition) is 2. The van der Waals surface area contributed by atoms with Gasteiger partial charge in [-0.25, -0.2) is 0 Å². The van der Waals surface area contributed by atoms with Crippen molar-refractivity contribution in [1.29, 1.82) is 0 Å². The Hall–Kier alpha value is -1.45. The van der Waals surface area contributed by atoms with Crippen LogP contribution in [0.4, 0.5) is 0 Å². The number of nitrogens with zero attached hydrogens (tertiary/aromatic N) is 1. The van der Waals surface area contributed by atoms with Gasteiger partial charge in [0.25, 0.3) is 0 Å². The van der Waals surface area contributed by atoms with E-state index in [-0.39, 0.29) is 0 Å². The number of aliphatic imine (C=N–C) groups is 1. The maximum Gasteiger partial charge on any atom is 0.188 e. The van der Waals surface area contributed by atoms with Crippen LogP contribution in [0.25, 0.3) is 0 Å². The summed E-state index contributed by atoms with van der Waals surface area (Å²) in [5, 5.41) is 3.02. The van der Waals surface area contributed by atoms with Crippen LogP contribution in [0.1, 0.15) is 19.6 Å². The normalized spacial score (nSPS) is 12.1. The van der Waals surface area contributed by atoms with Crippen LogP contribution in [0.3, 0.4) is 0 Å². The lowest BCUT2D eigenvalue weighted by Gasteiger charge is -2.07. The van der Waals surface area contributed by atoms with Gasteiger partial charge < -0.3 is 15.5 Å². The van der Waals surface area contributed by atoms with E-state index in [1.54, 1.807) is 6.26 Å². The first kappa shape index (κ1) is 10.6. The van der Waals surface area contributed by atoms with E-state index in [9.17, 15) is 0 Å². The van der Waals surface area contributed by atoms with Crippen molar-refractivity contribution in [3.8, 4) is 0 Å². The van der Waals surface area contributed by atoms with Crippen LogP contribution < -0.4 is 11.1 Å². The van der Waals surface area contributed by atoms with Crippen molar-refractivity contribution in [3.63, 3.8) is 0 Å². The van der Waals surface area contributed by atoms with Gasteiger partial charge in [0.15, 0.2) is 5.96 Å². The number of rotatable bonds is 4. The molecule has 1 heterocycles. The molecule has 0 unspecified atom stereocenters. The van der Waals surface area contributed by atoms with Crippen LogP contribution in [0.15, 0.2) is 27.8 Å². The summed E-state index contributed by atoms with van der Waals surface area (Å²) < 4.78 is 5.17. The lowest BCUT2D eigenvalue weighted by molar-refractivity contribution is 0.511. The zero-order chi connectivity index (χ0) is 10.4. The second kappa shape index (κ2) is 5.32. The smallest absolute Gasteiger partial charge is 0.188 e. The quantitative estimate of drug-likeness (QED) is 0.559. The molecule has 0 aliphatic carbocycles. The molecule has 0 aliphatic rings. The highest BCUT2D eigenvalue weighted by atomic mass is 16.3. The number of guanidine groups is 1. The van der Waals surface area contributed by atoms with Gasteiger partial charge in [-0.1, -0.05) is 0 Å². The molecule has 14 heavy (non-hydrogen) atoms. The fourth-order valence-electron chi connectivity index (χ4n) is 1.08. The fraction of sp³-hybridized carbons (Fsp3) is 0.500. The van der Waals surface area contributed by atoms with Gasteiger partial charge in [-0.05, 0) is 26.0 Å². The van der Waals surface area contributed by atoms with Gasteiger partial charge in [0.1, 0.15) is 5.76 Å². The van der Waals surface area contributed by atoms with Crippen LogP contribution in [0, 0.1) is 0 Å². The van der Waals surface area contributed by atoms with E-state index in [0.717, 1.165) is 12.2 Å². The third-order valence-electron chi connectivity index (χ3n) is 1.66. The minimum absolute atomic E-state index is 0.322. The van der Waals surface area contributed by atoms with E-state index in [1.165, 1.54) is 0 Å². The topological polar surface area (TPSA) is 63.5 Å². The number of nitrogens with two attached hydrogens (primary N) is 1. The third kappa shape index (κ3) is 3.98. The predicted octanol–water partition coefficient (Wildman–Crippen LogP) is 1.13. The fourth-order valence-corrected chi connectivity index (χ4v) is 1.08. The Bertz CT molecular complexity index is 278. The van der Waals surface area contributed by atoms with E-state index in [1.807, 2.05) is 26.0 Å². The van der Waals surface area contributed by atoms with Crippen molar-refractivity contribution in [2.75, 3.05) is 6.54 Å². The van der Waals surface area contributed by atoms with Gasteiger partial charge in [-0.3, -0.25) is 4.99 Å². The van der Waals surface area contributed by atoms with Crippen molar-refractivity contribution in [3.05, 3.63) is 24.2 Å². The summed E-state index contributed by atoms with van der Waals surface area (Å²) in [6.45, 7) is 4.70. The summed E-state index contributed by atoms with van der Waals surface area (Å²) in [6.07, 6.45) is 2.45. The monoisotopic (exact) mass is 195 g/mol. The van der Waals surface area contributed by atoms with Crippen molar-refractivity contribution < 1.29 is 4.42 Å². The first-order chi connectivity index (χ1) is 6.68. The van der Waals surface area contributed by atoms with E-state index in [4.69, 9.17) is 10.2 Å². The van der Waals surface area contributed by atoms with Crippen LogP contribution in [0.5, 0.6) is 0 Å². The van der Waals surface area contributed by atoms with Gasteiger partial charge >= 0.3 is 0 Å². The molecule has 78 valence electrons. The SMILES string of the molecule is CC(C)NC(N)=NCCc1ccco1. The molecule has 1 aromatic rings. The zero-order valence-corrected chi connectivity index (χ0v) is 8.66. The Morgan fingerprint density at radius 2 is 2.43 bits per heavy atom. The first-order valence-electron chi connectivity index (χ1n) is 4.77. The predicted molar refractivity (Wildman–Crippen MR) is 57.2 cm³/mol. The minimum Gasteiger partial charge on any atom is -0.469 e. The molecule has 0 aromatic carbocycles. The van der Waals surface area contributed by atoms with Crippen molar-refractivity contribution >= 4 is 5.96 Å². The Morgan fingerprint density at radius 3 is 3.00 bits per heavy atom. The highest BCUT2D eigenvalue weighted by Crippen LogP contribution is 2.00. The van der Waals surface area contributed by atoms with Gasteiger partial charge in [-0.2, -0.15) is 0 Å². The maximum atomic E-state index is 5.62. The van der Waals surface area contributed by atoms with E-state index in [0.29, 0.717) is 18.5 Å². The Kier molecular flexibility index (Phi) is 4.04. The molecular formula is C10H17N3O. The summed E-state index contributed by atoms with van der Waals surface area (Å²) in [5.41, 5.74) is 5.62. The first-order valence-corrected chi connectivity index (χ1v) is 4.77. The van der Waals surface area contributed by atoms with Gasteiger partial charge in [0.2, 0.25) is 0 Å². The van der Waals surface area contributed by atoms with Crippen LogP contribution in [0.2, 0.25) is 0 Å². The van der Waals surface area contributed by atoms with Crippen molar-refractivity contribution in [1.82, 2.24) is 5.32 Å². The number of hydrogen-bond acceptors (Lipinski definition) is 2. The number of nitrogens with one attached hydrogen (secondary N) is 1. The van der Waals surface area contributed by atoms with Crippen LogP contribution in [-0.2, 0) is 6.42 Å². The third-order valence-corrected chi connectivity index (χ3v) is 1.66. The lowest BCUT2D eigenvalue weighted by atomic mass is 10.3. The molecule has 1 aromatic heterocycles. The summed E-state index contributed by atoms with van der Waals surface area (Å²) in [6, 6.07) is 4.12. The Balaban J connectivity index is 2.26. The van der Waals surface area contributed by atoms with Gasteiger partial charge in [0.05, 0.1) is 6.26 Å². The molecule has 0 saturated heterocycles. The highest BCUT2D eigenvalue weighted by Gasteiger charge is 1.96. The van der Waals surface area contributed by atoms with Gasteiger partial charge in [-0.15, -0.1) is 0 Å². The molecule has 0 bridgehead atoms. The molecule has 4 heteroatoms. The summed E-state index contributed by atoms with van der Waals surface area (Å²) in [5.74, 6) is 1.43. The molecule has 0 saturated carbocycles. The molecule has 0 atom stereocenters. The molecule has 0 radical (unpaired) electrons. The molecule has 0 aliphatic heterocycles. The zero-order valence-electron chi connectivity index (χ0n) is 8.66. The largest absolute Gasteiger partial charge is 0.469 e. The summed E-state index contributed by atoms with van der Waals surface area (Å²) >= 11 is 0. The molecule has 3 N–H and O–H groups in total. The van der Waals surface area contributed by atoms with E-state index < -0.39 is 0 Å². The average molecular weight is 195 g/mol. The maximum absolute atomic E-state index is 5.62. The average Bonchev–Trinajstić information content (AvgIpc) is 2.55. The van der Waals surface area contributed by atoms with Crippen LogP contribution >= 0.6 is 0 Å². The summed E-state index contributed by atoms with van der Waals surface area (Å²) in [4.78, 5) is 4.16. The standard InChI is InChI=1S/C10H17N3O/c1-8(2)13-10(11)12-6-5-9-4-3-7-14-9/h3-4,7-8H,5-6H2,1-2H3,(H3,11,12,13). The van der Waals surface area contributed by atoms with E-state index >= 15 is 0 Å². The minimum atomic E-state index is 0.322. The van der Waals surface area contributed by atoms with Crippen molar-refractivity contribution in [2.24, 2.45) is 10.7 Å². The molecule has 0 spiro atoms. The lowest BCUT2D eigenvalue weighted by Crippen LogP contribution is -2.36. The van der Waals surface area contributed by atoms with Crippen LogP contribution in [-0.4, -0.2) is 18.5 Å². The molecule has 0 fully saturated rings. The van der Waals surface area contributed by atoms with E-state index in [2.05, 4.69) is 10.3 Å². The molecule has 4 nitrogen and oxygen atoms in total. The molecule has 0 amide bonds. The second-order valence-electron chi connectivity index (χ2n) is 3.40.